The summed E-state index contributed by atoms with van der Waals surface area (Å²) in [4.78, 5) is 14.0. The number of piperidine rings is 1. The summed E-state index contributed by atoms with van der Waals surface area (Å²) in [6.07, 6.45) is 12.0. The van der Waals surface area contributed by atoms with Gasteiger partial charge in [-0.2, -0.15) is 0 Å². The maximum Gasteiger partial charge on any atom is 0.323 e. The molecule has 1 aliphatic heterocycles. The number of rotatable bonds is 4. The van der Waals surface area contributed by atoms with Crippen molar-refractivity contribution in [3.63, 3.8) is 0 Å². The number of nitrogens with two attached hydrogens (primary N) is 1. The zero-order chi connectivity index (χ0) is 14.9. The van der Waals surface area contributed by atoms with Crippen LogP contribution >= 0.6 is 0 Å². The number of aliphatic carboxylic acids is 1. The minimum atomic E-state index is -0.956. The van der Waals surface area contributed by atoms with Crippen LogP contribution in [0.3, 0.4) is 0 Å². The van der Waals surface area contributed by atoms with Gasteiger partial charge in [-0.1, -0.05) is 19.3 Å². The Morgan fingerprint density at radius 3 is 2.38 bits per heavy atom. The number of likely N-dealkylation sites (tertiary alicyclic amines) is 1. The van der Waals surface area contributed by atoms with Crippen LogP contribution in [0, 0.1) is 11.3 Å². The number of hydrogen-bond acceptors (Lipinski definition) is 3. The Labute approximate surface area is 128 Å². The molecule has 2 unspecified atom stereocenters. The molecule has 0 aromatic rings. The lowest BCUT2D eigenvalue weighted by Crippen LogP contribution is -2.51. The van der Waals surface area contributed by atoms with E-state index in [0.29, 0.717) is 11.8 Å². The molecule has 1 heterocycles. The van der Waals surface area contributed by atoms with Crippen LogP contribution < -0.4 is 5.73 Å². The number of carboxylic acid groups (broad SMARTS) is 1. The van der Waals surface area contributed by atoms with Crippen molar-refractivity contribution in [3.8, 4) is 0 Å². The van der Waals surface area contributed by atoms with Crippen LogP contribution in [-0.2, 0) is 4.79 Å². The number of hydrogen-bond donors (Lipinski definition) is 2. The van der Waals surface area contributed by atoms with E-state index in [9.17, 15) is 9.90 Å². The van der Waals surface area contributed by atoms with Crippen LogP contribution in [0.25, 0.3) is 0 Å². The normalized spacial score (nSPS) is 36.3. The van der Waals surface area contributed by atoms with Crippen molar-refractivity contribution in [2.24, 2.45) is 17.1 Å². The summed E-state index contributed by atoms with van der Waals surface area (Å²) in [5, 5.41) is 9.38. The Bertz CT molecular complexity index is 382. The van der Waals surface area contributed by atoms with Gasteiger partial charge in [-0.3, -0.25) is 4.79 Å². The summed E-state index contributed by atoms with van der Waals surface area (Å²) in [5.74, 6) is -0.633. The molecule has 0 amide bonds. The number of carbonyl (C=O) groups is 1. The van der Waals surface area contributed by atoms with E-state index in [4.69, 9.17) is 5.73 Å². The number of nitrogens with zero attached hydrogens (tertiary/aromatic N) is 1. The molecule has 3 fully saturated rings. The van der Waals surface area contributed by atoms with Crippen LogP contribution in [0.2, 0.25) is 0 Å². The topological polar surface area (TPSA) is 66.6 Å². The Kier molecular flexibility index (Phi) is 4.28. The van der Waals surface area contributed by atoms with Gasteiger partial charge < -0.3 is 15.7 Å². The minimum absolute atomic E-state index is 0.164. The predicted molar refractivity (Wildman–Crippen MR) is 83.1 cm³/mol. The zero-order valence-electron chi connectivity index (χ0n) is 13.1. The van der Waals surface area contributed by atoms with Crippen molar-refractivity contribution < 1.29 is 9.90 Å². The van der Waals surface area contributed by atoms with E-state index in [2.05, 4.69) is 4.90 Å². The molecular formula is C17H30N2O2. The van der Waals surface area contributed by atoms with Crippen molar-refractivity contribution in [2.45, 2.75) is 69.7 Å². The maximum atomic E-state index is 11.4. The second kappa shape index (κ2) is 5.88. The van der Waals surface area contributed by atoms with Crippen molar-refractivity contribution in [1.82, 2.24) is 4.90 Å². The van der Waals surface area contributed by atoms with Crippen LogP contribution in [0.15, 0.2) is 0 Å². The number of carboxylic acids is 1. The molecule has 1 saturated heterocycles. The van der Waals surface area contributed by atoms with Gasteiger partial charge >= 0.3 is 5.97 Å². The van der Waals surface area contributed by atoms with E-state index in [-0.39, 0.29) is 5.92 Å². The third kappa shape index (κ3) is 2.98. The second-order valence-electron chi connectivity index (χ2n) is 7.77. The highest BCUT2D eigenvalue weighted by molar-refractivity contribution is 5.79. The summed E-state index contributed by atoms with van der Waals surface area (Å²) in [6.45, 7) is 3.45. The van der Waals surface area contributed by atoms with Gasteiger partial charge in [-0.15, -0.1) is 0 Å². The minimum Gasteiger partial charge on any atom is -0.480 e. The average molecular weight is 294 g/mol. The summed E-state index contributed by atoms with van der Waals surface area (Å²) in [6, 6.07) is 0. The van der Waals surface area contributed by atoms with Crippen LogP contribution in [-0.4, -0.2) is 41.1 Å². The molecule has 2 atom stereocenters. The lowest BCUT2D eigenvalue weighted by molar-refractivity contribution is -0.144. The first-order valence-electron chi connectivity index (χ1n) is 8.79. The Balaban J connectivity index is 1.47. The van der Waals surface area contributed by atoms with E-state index < -0.39 is 11.5 Å². The second-order valence-corrected chi connectivity index (χ2v) is 7.77. The first-order chi connectivity index (χ1) is 10.0. The van der Waals surface area contributed by atoms with Gasteiger partial charge in [0.2, 0.25) is 0 Å². The van der Waals surface area contributed by atoms with Gasteiger partial charge in [0.15, 0.2) is 0 Å². The van der Waals surface area contributed by atoms with Gasteiger partial charge in [0, 0.05) is 0 Å². The molecule has 1 spiro atoms. The van der Waals surface area contributed by atoms with E-state index >= 15 is 0 Å². The molecule has 21 heavy (non-hydrogen) atoms. The van der Waals surface area contributed by atoms with Crippen molar-refractivity contribution in [1.29, 1.82) is 0 Å². The lowest BCUT2D eigenvalue weighted by Gasteiger charge is -2.40. The predicted octanol–water partition coefficient (Wildman–Crippen LogP) is 2.61. The van der Waals surface area contributed by atoms with E-state index in [1.165, 1.54) is 51.6 Å². The summed E-state index contributed by atoms with van der Waals surface area (Å²) in [5.41, 5.74) is 5.85. The van der Waals surface area contributed by atoms with Gasteiger partial charge in [-0.05, 0) is 75.9 Å². The standard InChI is InChI=1S/C17H30N2O2/c18-17(15(20)21)8-3-4-14(17)5-11-19-12-9-16(10-13-19)6-1-2-7-16/h14H,1-13,18H2,(H,20,21). The quantitative estimate of drug-likeness (QED) is 0.836. The molecule has 4 nitrogen and oxygen atoms in total. The van der Waals surface area contributed by atoms with Crippen LogP contribution in [0.4, 0.5) is 0 Å². The molecule has 0 bridgehead atoms. The molecule has 3 aliphatic rings. The largest absolute Gasteiger partial charge is 0.480 e. The van der Waals surface area contributed by atoms with Gasteiger partial charge in [0.05, 0.1) is 0 Å². The molecule has 3 rings (SSSR count). The summed E-state index contributed by atoms with van der Waals surface area (Å²) in [7, 11) is 0. The highest BCUT2D eigenvalue weighted by atomic mass is 16.4. The first-order valence-corrected chi connectivity index (χ1v) is 8.79. The molecular weight excluding hydrogens is 264 g/mol. The molecule has 0 radical (unpaired) electrons. The first kappa shape index (κ1) is 15.3. The molecule has 3 N–H and O–H groups in total. The Hall–Kier alpha value is -0.610. The smallest absolute Gasteiger partial charge is 0.323 e. The maximum absolute atomic E-state index is 11.4. The molecule has 4 heteroatoms. The molecule has 2 aliphatic carbocycles. The van der Waals surface area contributed by atoms with Crippen molar-refractivity contribution >= 4 is 5.97 Å². The van der Waals surface area contributed by atoms with Crippen LogP contribution in [0.5, 0.6) is 0 Å². The van der Waals surface area contributed by atoms with E-state index in [1.807, 2.05) is 0 Å². The fourth-order valence-electron chi connectivity index (χ4n) is 5.00. The Morgan fingerprint density at radius 1 is 1.10 bits per heavy atom. The molecule has 0 aromatic heterocycles. The van der Waals surface area contributed by atoms with Crippen molar-refractivity contribution in [2.75, 3.05) is 19.6 Å². The molecule has 2 saturated carbocycles. The molecule has 120 valence electrons. The summed E-state index contributed by atoms with van der Waals surface area (Å²) < 4.78 is 0. The highest BCUT2D eigenvalue weighted by Crippen LogP contribution is 2.46. The van der Waals surface area contributed by atoms with E-state index in [0.717, 1.165) is 25.8 Å². The average Bonchev–Trinajstić information content (AvgIpc) is 3.07. The third-order valence-electron chi connectivity index (χ3n) is 6.64. The highest BCUT2D eigenvalue weighted by Gasteiger charge is 2.46. The summed E-state index contributed by atoms with van der Waals surface area (Å²) >= 11 is 0. The Morgan fingerprint density at radius 2 is 1.76 bits per heavy atom. The lowest BCUT2D eigenvalue weighted by atomic mass is 9.77. The van der Waals surface area contributed by atoms with E-state index in [1.54, 1.807) is 0 Å². The molecule has 0 aromatic carbocycles. The fourth-order valence-corrected chi connectivity index (χ4v) is 5.00. The zero-order valence-corrected chi connectivity index (χ0v) is 13.1. The monoisotopic (exact) mass is 294 g/mol. The third-order valence-corrected chi connectivity index (χ3v) is 6.64. The van der Waals surface area contributed by atoms with Gasteiger partial charge in [-0.25, -0.2) is 0 Å². The van der Waals surface area contributed by atoms with Gasteiger partial charge in [0.25, 0.3) is 0 Å². The SMILES string of the molecule is NC1(C(=O)O)CCCC1CCN1CCC2(CCCC2)CC1. The van der Waals surface area contributed by atoms with Crippen LogP contribution in [0.1, 0.15) is 64.2 Å². The van der Waals surface area contributed by atoms with Gasteiger partial charge in [0.1, 0.15) is 5.54 Å². The fraction of sp³-hybridized carbons (Fsp3) is 0.941. The van der Waals surface area contributed by atoms with Crippen molar-refractivity contribution in [3.05, 3.63) is 0 Å².